The van der Waals surface area contributed by atoms with Crippen LogP contribution in [0.15, 0.2) is 78.9 Å². The van der Waals surface area contributed by atoms with Crippen molar-refractivity contribution in [3.63, 3.8) is 0 Å². The van der Waals surface area contributed by atoms with Gasteiger partial charge in [0.25, 0.3) is 0 Å². The Kier molecular flexibility index (Phi) is 4.23. The highest BCUT2D eigenvalue weighted by Gasteiger charge is 2.10. The first-order chi connectivity index (χ1) is 10.9. The van der Waals surface area contributed by atoms with Gasteiger partial charge < -0.3 is 14.6 Å². The topological polar surface area (TPSA) is 45.4 Å². The third-order valence-corrected chi connectivity index (χ3v) is 3.59. The maximum Gasteiger partial charge on any atom is 0.432 e. The molecule has 0 aliphatic heterocycles. The summed E-state index contributed by atoms with van der Waals surface area (Å²) in [5, 5.41) is 16.9. The Labute approximate surface area is 129 Å². The van der Waals surface area contributed by atoms with E-state index in [2.05, 4.69) is 83.4 Å². The van der Waals surface area contributed by atoms with Crippen LogP contribution in [0.2, 0.25) is 0 Å². The zero-order valence-corrected chi connectivity index (χ0v) is 12.1. The lowest BCUT2D eigenvalue weighted by molar-refractivity contribution is 0.448. The summed E-state index contributed by atoms with van der Waals surface area (Å²) in [6.45, 7) is 0. The van der Waals surface area contributed by atoms with Crippen molar-refractivity contribution in [2.45, 2.75) is 0 Å². The van der Waals surface area contributed by atoms with Gasteiger partial charge in [0.05, 0.1) is 11.0 Å². The van der Waals surface area contributed by atoms with Crippen molar-refractivity contribution in [1.82, 2.24) is 4.57 Å². The summed E-state index contributed by atoms with van der Waals surface area (Å²) in [4.78, 5) is 0. The Morgan fingerprint density at radius 3 is 1.50 bits per heavy atom. The minimum absolute atomic E-state index is 0.750. The van der Waals surface area contributed by atoms with Gasteiger partial charge in [-0.25, -0.2) is 0 Å². The molecular formula is C18H16BNO2. The zero-order valence-electron chi connectivity index (χ0n) is 12.1. The Balaban J connectivity index is 0.000000446. The number of hydrogen-bond donors (Lipinski definition) is 2. The lowest BCUT2D eigenvalue weighted by Crippen LogP contribution is -1.92. The Morgan fingerprint density at radius 1 is 0.591 bits per heavy atom. The molecule has 0 saturated heterocycles. The van der Waals surface area contributed by atoms with Crippen LogP contribution in [0.5, 0.6) is 0 Å². The van der Waals surface area contributed by atoms with E-state index in [4.69, 9.17) is 10.0 Å². The molecule has 22 heavy (non-hydrogen) atoms. The van der Waals surface area contributed by atoms with Gasteiger partial charge in [-0.3, -0.25) is 0 Å². The van der Waals surface area contributed by atoms with Crippen LogP contribution in [0.3, 0.4) is 0 Å². The quantitative estimate of drug-likeness (QED) is 0.529. The molecule has 0 aliphatic carbocycles. The number of rotatable bonds is 1. The van der Waals surface area contributed by atoms with Crippen LogP contribution in [0.1, 0.15) is 0 Å². The van der Waals surface area contributed by atoms with Gasteiger partial charge in [0.1, 0.15) is 0 Å². The Bertz CT molecular complexity index is 834. The summed E-state index contributed by atoms with van der Waals surface area (Å²) in [5.74, 6) is 0. The molecule has 1 heterocycles. The molecule has 0 amide bonds. The summed E-state index contributed by atoms with van der Waals surface area (Å²) in [7, 11) is -0.750. The second-order valence-electron chi connectivity index (χ2n) is 4.85. The number of para-hydroxylation sites is 3. The molecule has 0 aliphatic rings. The number of hydrogen-bond acceptors (Lipinski definition) is 2. The van der Waals surface area contributed by atoms with Crippen molar-refractivity contribution in [1.29, 1.82) is 0 Å². The number of fused-ring (bicyclic) bond motifs is 3. The van der Waals surface area contributed by atoms with Gasteiger partial charge in [-0.2, -0.15) is 0 Å². The fraction of sp³-hybridized carbons (Fsp3) is 0. The van der Waals surface area contributed by atoms with Gasteiger partial charge in [0.2, 0.25) is 0 Å². The van der Waals surface area contributed by atoms with Crippen molar-refractivity contribution < 1.29 is 10.0 Å². The molecule has 0 atom stereocenters. The maximum absolute atomic E-state index is 7.12. The van der Waals surface area contributed by atoms with Gasteiger partial charge in [0.15, 0.2) is 0 Å². The van der Waals surface area contributed by atoms with Crippen LogP contribution in [-0.2, 0) is 0 Å². The molecule has 2 N–H and O–H groups in total. The average Bonchev–Trinajstić information content (AvgIpc) is 2.91. The molecule has 3 nitrogen and oxygen atoms in total. The molecule has 108 valence electrons. The van der Waals surface area contributed by atoms with E-state index in [1.165, 1.54) is 27.5 Å². The predicted octanol–water partition coefficient (Wildman–Crippen LogP) is 3.02. The third-order valence-electron chi connectivity index (χ3n) is 3.59. The van der Waals surface area contributed by atoms with Crippen molar-refractivity contribution in [3.8, 4) is 5.69 Å². The van der Waals surface area contributed by atoms with E-state index in [1.54, 1.807) is 0 Å². The molecule has 0 bridgehead atoms. The van der Waals surface area contributed by atoms with Crippen molar-refractivity contribution in [2.75, 3.05) is 0 Å². The zero-order chi connectivity index (χ0) is 15.4. The van der Waals surface area contributed by atoms with Crippen LogP contribution >= 0.6 is 0 Å². The van der Waals surface area contributed by atoms with Gasteiger partial charge in [-0.15, -0.1) is 0 Å². The molecule has 0 saturated carbocycles. The first-order valence-corrected chi connectivity index (χ1v) is 7.12. The molecule has 0 fully saturated rings. The summed E-state index contributed by atoms with van der Waals surface area (Å²) >= 11 is 0. The third kappa shape index (κ3) is 2.50. The maximum atomic E-state index is 7.12. The highest BCUT2D eigenvalue weighted by Crippen LogP contribution is 2.31. The van der Waals surface area contributed by atoms with Crippen LogP contribution in [0.25, 0.3) is 27.5 Å². The van der Waals surface area contributed by atoms with E-state index in [9.17, 15) is 0 Å². The minimum Gasteiger partial charge on any atom is -0.430 e. The SMILES string of the molecule is OBO.c1ccc(-n2c3ccccc3c3ccccc32)cc1. The first-order valence-electron chi connectivity index (χ1n) is 7.12. The lowest BCUT2D eigenvalue weighted by Gasteiger charge is -2.06. The second-order valence-corrected chi connectivity index (χ2v) is 4.85. The van der Waals surface area contributed by atoms with Gasteiger partial charge in [-0.1, -0.05) is 54.6 Å². The summed E-state index contributed by atoms with van der Waals surface area (Å²) in [6.07, 6.45) is 0. The summed E-state index contributed by atoms with van der Waals surface area (Å²) < 4.78 is 2.32. The Morgan fingerprint density at radius 2 is 1.00 bits per heavy atom. The van der Waals surface area contributed by atoms with Gasteiger partial charge >= 0.3 is 7.69 Å². The van der Waals surface area contributed by atoms with Crippen molar-refractivity contribution in [3.05, 3.63) is 78.9 Å². The molecule has 0 radical (unpaired) electrons. The van der Waals surface area contributed by atoms with Crippen LogP contribution in [-0.4, -0.2) is 22.3 Å². The van der Waals surface area contributed by atoms with Crippen LogP contribution in [0, 0.1) is 0 Å². The highest BCUT2D eigenvalue weighted by molar-refractivity contribution is 6.13. The van der Waals surface area contributed by atoms with E-state index in [-0.39, 0.29) is 0 Å². The molecule has 1 aromatic heterocycles. The summed E-state index contributed by atoms with van der Waals surface area (Å²) in [6, 6.07) is 27.7. The molecule has 4 rings (SSSR count). The van der Waals surface area contributed by atoms with E-state index < -0.39 is 7.69 Å². The predicted molar refractivity (Wildman–Crippen MR) is 92.4 cm³/mol. The second kappa shape index (κ2) is 6.47. The smallest absolute Gasteiger partial charge is 0.430 e. The number of nitrogens with zero attached hydrogens (tertiary/aromatic N) is 1. The normalized spacial score (nSPS) is 10.3. The lowest BCUT2D eigenvalue weighted by atomic mass is 10.2. The monoisotopic (exact) mass is 289 g/mol. The fourth-order valence-electron chi connectivity index (χ4n) is 2.78. The average molecular weight is 289 g/mol. The molecule has 3 aromatic carbocycles. The van der Waals surface area contributed by atoms with Crippen molar-refractivity contribution in [2.24, 2.45) is 0 Å². The van der Waals surface area contributed by atoms with Crippen LogP contribution < -0.4 is 0 Å². The van der Waals surface area contributed by atoms with E-state index >= 15 is 0 Å². The fourth-order valence-corrected chi connectivity index (χ4v) is 2.78. The first kappa shape index (κ1) is 14.4. The largest absolute Gasteiger partial charge is 0.432 e. The molecule has 4 aromatic rings. The van der Waals surface area contributed by atoms with Crippen molar-refractivity contribution >= 4 is 29.5 Å². The standard InChI is InChI=1S/C18H13N.BH3O2/c1-2-8-14(9-3-1)19-17-12-6-4-10-15(17)16-11-5-7-13-18(16)19;2-1-3/h1-13H;1-3H. The number of aromatic nitrogens is 1. The van der Waals surface area contributed by atoms with E-state index in [0.29, 0.717) is 0 Å². The van der Waals surface area contributed by atoms with Gasteiger partial charge in [-0.05, 0) is 24.3 Å². The molecule has 0 unspecified atom stereocenters. The minimum atomic E-state index is -0.750. The van der Waals surface area contributed by atoms with E-state index in [0.717, 1.165) is 0 Å². The molecular weight excluding hydrogens is 273 g/mol. The molecule has 0 spiro atoms. The Hall–Kier alpha value is -2.56. The molecule has 4 heteroatoms. The number of benzene rings is 3. The van der Waals surface area contributed by atoms with Gasteiger partial charge in [0, 0.05) is 16.5 Å². The van der Waals surface area contributed by atoms with E-state index in [1.807, 2.05) is 0 Å². The highest BCUT2D eigenvalue weighted by atomic mass is 16.4. The summed E-state index contributed by atoms with van der Waals surface area (Å²) in [5.41, 5.74) is 3.73. The van der Waals surface area contributed by atoms with Crippen LogP contribution in [0.4, 0.5) is 0 Å².